The molecule has 0 aliphatic heterocycles. The summed E-state index contributed by atoms with van der Waals surface area (Å²) in [5, 5.41) is 0. The summed E-state index contributed by atoms with van der Waals surface area (Å²) >= 11 is 0. The number of allylic oxidation sites excluding steroid dienone is 10. The molecule has 0 N–H and O–H groups in total. The minimum Gasteiger partial charge on any atom is -0.426 e. The van der Waals surface area contributed by atoms with E-state index in [1.807, 2.05) is 26.0 Å². The maximum Gasteiger partial charge on any atom is 0.321 e. The number of carbonyl (C=O) groups is 1. The van der Waals surface area contributed by atoms with E-state index in [4.69, 9.17) is 4.74 Å². The van der Waals surface area contributed by atoms with Gasteiger partial charge < -0.3 is 4.74 Å². The first-order chi connectivity index (χ1) is 11.0. The van der Waals surface area contributed by atoms with Gasteiger partial charge in [-0.2, -0.15) is 0 Å². The van der Waals surface area contributed by atoms with Gasteiger partial charge >= 0.3 is 5.97 Å². The van der Waals surface area contributed by atoms with Gasteiger partial charge in [0.05, 0.1) is 5.41 Å². The van der Waals surface area contributed by atoms with Crippen LogP contribution in [-0.2, 0) is 9.53 Å². The fraction of sp³-hybridized carbons (Fsp3) is 0.190. The molecule has 1 unspecified atom stereocenters. The quantitative estimate of drug-likeness (QED) is 0.298. The molecule has 23 heavy (non-hydrogen) atoms. The van der Waals surface area contributed by atoms with Crippen LogP contribution in [0.15, 0.2) is 98.4 Å². The van der Waals surface area contributed by atoms with E-state index in [0.717, 1.165) is 5.57 Å². The van der Waals surface area contributed by atoms with Crippen LogP contribution in [0.2, 0.25) is 0 Å². The fourth-order valence-electron chi connectivity index (χ4n) is 1.77. The molecule has 2 nitrogen and oxygen atoms in total. The zero-order valence-electron chi connectivity index (χ0n) is 14.1. The summed E-state index contributed by atoms with van der Waals surface area (Å²) < 4.78 is 5.48. The smallest absolute Gasteiger partial charge is 0.321 e. The Morgan fingerprint density at radius 1 is 0.957 bits per heavy atom. The first-order valence-electron chi connectivity index (χ1n) is 7.46. The second-order valence-electron chi connectivity index (χ2n) is 4.92. The Bertz CT molecular complexity index is 571. The molecule has 122 valence electrons. The van der Waals surface area contributed by atoms with E-state index in [2.05, 4.69) is 26.3 Å². The van der Waals surface area contributed by atoms with Gasteiger partial charge in [0.15, 0.2) is 0 Å². The third kappa shape index (κ3) is 6.35. The van der Waals surface area contributed by atoms with Crippen molar-refractivity contribution in [3.8, 4) is 0 Å². The number of esters is 1. The normalized spacial score (nSPS) is 15.2. The van der Waals surface area contributed by atoms with E-state index in [-0.39, 0.29) is 5.97 Å². The van der Waals surface area contributed by atoms with Crippen LogP contribution in [0.4, 0.5) is 0 Å². The predicted molar refractivity (Wildman–Crippen MR) is 99.7 cm³/mol. The first kappa shape index (κ1) is 20.4. The third-order valence-electron chi connectivity index (χ3n) is 3.46. The SMILES string of the molecule is C=C/C=C\C=C(/C=C)OC(=O)C(C)(CC)/C(C=C)=C/C=C\C=C. The minimum absolute atomic E-state index is 0.351. The standard InChI is InChI=1S/C21H26O2/c1-7-12-14-16-18(9-3)21(6,11-5)20(22)23-19(10-4)17-15-13-8-2/h7-10,12-17H,1-4,11H2,5-6H3/b14-12-,15-13-,18-16+,19-17+. The summed E-state index contributed by atoms with van der Waals surface area (Å²) in [4.78, 5) is 12.6. The summed E-state index contributed by atoms with van der Waals surface area (Å²) in [5.41, 5.74) is -0.00882. The molecule has 0 aliphatic carbocycles. The number of hydrogen-bond donors (Lipinski definition) is 0. The lowest BCUT2D eigenvalue weighted by atomic mass is 9.79. The van der Waals surface area contributed by atoms with Crippen molar-refractivity contribution in [3.63, 3.8) is 0 Å². The molecule has 0 aromatic heterocycles. The largest absolute Gasteiger partial charge is 0.426 e. The van der Waals surface area contributed by atoms with E-state index in [9.17, 15) is 4.79 Å². The van der Waals surface area contributed by atoms with Crippen LogP contribution >= 0.6 is 0 Å². The first-order valence-corrected chi connectivity index (χ1v) is 7.46. The number of rotatable bonds is 10. The Labute approximate surface area is 140 Å². The van der Waals surface area contributed by atoms with E-state index in [1.165, 1.54) is 6.08 Å². The van der Waals surface area contributed by atoms with E-state index in [1.54, 1.807) is 42.5 Å². The summed E-state index contributed by atoms with van der Waals surface area (Å²) in [7, 11) is 0. The van der Waals surface area contributed by atoms with Crippen LogP contribution in [-0.4, -0.2) is 5.97 Å². The Morgan fingerprint density at radius 2 is 1.52 bits per heavy atom. The maximum atomic E-state index is 12.6. The highest BCUT2D eigenvalue weighted by Crippen LogP contribution is 2.34. The van der Waals surface area contributed by atoms with Crippen molar-refractivity contribution in [1.82, 2.24) is 0 Å². The highest BCUT2D eigenvalue weighted by Gasteiger charge is 2.36. The lowest BCUT2D eigenvalue weighted by Gasteiger charge is -2.27. The predicted octanol–water partition coefficient (Wildman–Crippen LogP) is 5.61. The Morgan fingerprint density at radius 3 is 1.96 bits per heavy atom. The van der Waals surface area contributed by atoms with E-state index >= 15 is 0 Å². The van der Waals surface area contributed by atoms with Crippen molar-refractivity contribution in [2.24, 2.45) is 5.41 Å². The molecule has 0 spiro atoms. The molecule has 0 saturated heterocycles. The summed E-state index contributed by atoms with van der Waals surface area (Å²) in [6.07, 6.45) is 17.7. The second kappa shape index (κ2) is 11.0. The highest BCUT2D eigenvalue weighted by molar-refractivity contribution is 5.82. The van der Waals surface area contributed by atoms with Crippen molar-refractivity contribution in [3.05, 3.63) is 98.4 Å². The van der Waals surface area contributed by atoms with Crippen LogP contribution < -0.4 is 0 Å². The molecule has 0 fully saturated rings. The molecule has 1 atom stereocenters. The van der Waals surface area contributed by atoms with Crippen molar-refractivity contribution in [1.29, 1.82) is 0 Å². The maximum absolute atomic E-state index is 12.6. The molecule has 2 heteroatoms. The molecule has 0 rings (SSSR count). The molecule has 0 heterocycles. The molecule has 0 aromatic rings. The molecule has 0 aromatic carbocycles. The highest BCUT2D eigenvalue weighted by atomic mass is 16.5. The lowest BCUT2D eigenvalue weighted by molar-refractivity contribution is -0.147. The zero-order valence-corrected chi connectivity index (χ0v) is 14.1. The van der Waals surface area contributed by atoms with Crippen molar-refractivity contribution >= 4 is 5.97 Å². The van der Waals surface area contributed by atoms with Gasteiger partial charge in [0.25, 0.3) is 0 Å². The van der Waals surface area contributed by atoms with Crippen LogP contribution in [0.25, 0.3) is 0 Å². The molecule has 0 saturated carbocycles. The Hall–Kier alpha value is -2.61. The minimum atomic E-state index is -0.794. The van der Waals surface area contributed by atoms with Gasteiger partial charge in [-0.1, -0.05) is 81.8 Å². The van der Waals surface area contributed by atoms with Crippen molar-refractivity contribution in [2.75, 3.05) is 0 Å². The number of hydrogen-bond acceptors (Lipinski definition) is 2. The van der Waals surface area contributed by atoms with E-state index < -0.39 is 5.41 Å². The molecule has 0 aliphatic rings. The van der Waals surface area contributed by atoms with Crippen LogP contribution in [0.5, 0.6) is 0 Å². The average Bonchev–Trinajstić information content (AvgIpc) is 2.57. The monoisotopic (exact) mass is 310 g/mol. The van der Waals surface area contributed by atoms with Gasteiger partial charge in [-0.05, 0) is 31.1 Å². The zero-order chi connectivity index (χ0) is 17.7. The molecule has 0 radical (unpaired) electrons. The summed E-state index contributed by atoms with van der Waals surface area (Å²) in [5.74, 6) is 0.0362. The van der Waals surface area contributed by atoms with E-state index in [0.29, 0.717) is 12.2 Å². The van der Waals surface area contributed by atoms with Gasteiger partial charge in [-0.25, -0.2) is 0 Å². The van der Waals surface area contributed by atoms with Gasteiger partial charge in [0, 0.05) is 0 Å². The fourth-order valence-corrected chi connectivity index (χ4v) is 1.77. The van der Waals surface area contributed by atoms with Gasteiger partial charge in [-0.3, -0.25) is 4.79 Å². The molecule has 0 amide bonds. The molecule has 0 bridgehead atoms. The average molecular weight is 310 g/mol. The Balaban J connectivity index is 5.50. The number of carbonyl (C=O) groups excluding carboxylic acids is 1. The summed E-state index contributed by atoms with van der Waals surface area (Å²) in [6, 6.07) is 0. The number of ether oxygens (including phenoxy) is 1. The molecular weight excluding hydrogens is 284 g/mol. The van der Waals surface area contributed by atoms with Crippen LogP contribution in [0.3, 0.4) is 0 Å². The van der Waals surface area contributed by atoms with Gasteiger partial charge in [0.1, 0.15) is 5.76 Å². The Kier molecular flexibility index (Phi) is 9.77. The van der Waals surface area contributed by atoms with Crippen molar-refractivity contribution < 1.29 is 9.53 Å². The van der Waals surface area contributed by atoms with Crippen LogP contribution in [0.1, 0.15) is 20.3 Å². The lowest BCUT2D eigenvalue weighted by Crippen LogP contribution is -2.30. The van der Waals surface area contributed by atoms with Gasteiger partial charge in [-0.15, -0.1) is 0 Å². The summed E-state index contributed by atoms with van der Waals surface area (Å²) in [6.45, 7) is 18.4. The van der Waals surface area contributed by atoms with Gasteiger partial charge in [0.2, 0.25) is 0 Å². The van der Waals surface area contributed by atoms with Crippen molar-refractivity contribution in [2.45, 2.75) is 20.3 Å². The molecular formula is C21H26O2. The third-order valence-corrected chi connectivity index (χ3v) is 3.46. The topological polar surface area (TPSA) is 26.3 Å². The second-order valence-corrected chi connectivity index (χ2v) is 4.92. The van der Waals surface area contributed by atoms with Crippen LogP contribution in [0, 0.1) is 5.41 Å².